The lowest BCUT2D eigenvalue weighted by molar-refractivity contribution is 0.0835. The van der Waals surface area contributed by atoms with Gasteiger partial charge in [-0.25, -0.2) is 0 Å². The maximum atomic E-state index is 9.69. The molecule has 70 valence electrons. The van der Waals surface area contributed by atoms with Crippen LogP contribution in [0.5, 0.6) is 0 Å². The maximum Gasteiger partial charge on any atom is 0.0695 e. The van der Waals surface area contributed by atoms with Crippen LogP contribution < -0.4 is 0 Å². The minimum absolute atomic E-state index is 0.0321. The molecule has 0 bridgehead atoms. The Kier molecular flexibility index (Phi) is 2.37. The average molecular weight is 169 g/mol. The summed E-state index contributed by atoms with van der Waals surface area (Å²) in [6.45, 7) is 4.73. The molecule has 1 saturated carbocycles. The second-order valence-electron chi connectivity index (χ2n) is 4.45. The highest BCUT2D eigenvalue weighted by atomic mass is 16.3. The highest BCUT2D eigenvalue weighted by molar-refractivity contribution is 4.88. The van der Waals surface area contributed by atoms with Gasteiger partial charge in [-0.3, -0.25) is 4.90 Å². The predicted molar refractivity (Wildman–Crippen MR) is 49.0 cm³/mol. The van der Waals surface area contributed by atoms with Gasteiger partial charge in [0.1, 0.15) is 0 Å². The van der Waals surface area contributed by atoms with Crippen molar-refractivity contribution in [3.63, 3.8) is 0 Å². The molecule has 0 radical (unpaired) electrons. The van der Waals surface area contributed by atoms with E-state index in [1.54, 1.807) is 0 Å². The Morgan fingerprint density at radius 2 is 2.08 bits per heavy atom. The lowest BCUT2D eigenvalue weighted by Gasteiger charge is -2.26. The summed E-state index contributed by atoms with van der Waals surface area (Å²) in [6, 6.07) is 0.495. The first-order valence-corrected chi connectivity index (χ1v) is 5.19. The minimum Gasteiger partial charge on any atom is -0.391 e. The summed E-state index contributed by atoms with van der Waals surface area (Å²) >= 11 is 0. The van der Waals surface area contributed by atoms with E-state index in [-0.39, 0.29) is 6.10 Å². The third-order valence-electron chi connectivity index (χ3n) is 3.37. The number of nitrogens with zero attached hydrogens (tertiary/aromatic N) is 1. The van der Waals surface area contributed by atoms with Crippen LogP contribution in [0.2, 0.25) is 0 Å². The van der Waals surface area contributed by atoms with Crippen LogP contribution in [0.4, 0.5) is 0 Å². The lowest BCUT2D eigenvalue weighted by atomic mass is 10.1. The van der Waals surface area contributed by atoms with Crippen LogP contribution in [0.15, 0.2) is 0 Å². The average Bonchev–Trinajstić information content (AvgIpc) is 2.58. The SMILES string of the molecule is CC1CCN([C@H]2CCC[C@@H]2O)C1. The van der Waals surface area contributed by atoms with Crippen LogP contribution in [0.1, 0.15) is 32.6 Å². The molecule has 1 unspecified atom stereocenters. The van der Waals surface area contributed by atoms with Crippen molar-refractivity contribution in [2.24, 2.45) is 5.92 Å². The Bertz CT molecular complexity index is 160. The molecule has 2 aliphatic rings. The Hall–Kier alpha value is -0.0800. The van der Waals surface area contributed by atoms with E-state index in [4.69, 9.17) is 0 Å². The molecule has 1 N–H and O–H groups in total. The van der Waals surface area contributed by atoms with Crippen LogP contribution >= 0.6 is 0 Å². The fourth-order valence-corrected chi connectivity index (χ4v) is 2.62. The largest absolute Gasteiger partial charge is 0.391 e. The fourth-order valence-electron chi connectivity index (χ4n) is 2.62. The third kappa shape index (κ3) is 1.50. The van der Waals surface area contributed by atoms with Gasteiger partial charge in [0.25, 0.3) is 0 Å². The second kappa shape index (κ2) is 3.35. The molecule has 0 aromatic rings. The van der Waals surface area contributed by atoms with Crippen molar-refractivity contribution in [3.05, 3.63) is 0 Å². The van der Waals surface area contributed by atoms with E-state index in [2.05, 4.69) is 11.8 Å². The Morgan fingerprint density at radius 3 is 2.58 bits per heavy atom. The fraction of sp³-hybridized carbons (Fsp3) is 1.00. The minimum atomic E-state index is -0.0321. The molecule has 1 heterocycles. The summed E-state index contributed by atoms with van der Waals surface area (Å²) in [5, 5.41) is 9.69. The van der Waals surface area contributed by atoms with E-state index in [0.29, 0.717) is 6.04 Å². The number of hydrogen-bond acceptors (Lipinski definition) is 2. The highest BCUT2D eigenvalue weighted by Gasteiger charge is 2.33. The van der Waals surface area contributed by atoms with Crippen LogP contribution in [0.3, 0.4) is 0 Å². The third-order valence-corrected chi connectivity index (χ3v) is 3.37. The Morgan fingerprint density at radius 1 is 1.25 bits per heavy atom. The van der Waals surface area contributed by atoms with Crippen LogP contribution in [-0.2, 0) is 0 Å². The molecule has 2 rings (SSSR count). The summed E-state index contributed by atoms with van der Waals surface area (Å²) in [5.41, 5.74) is 0. The van der Waals surface area contributed by atoms with Crippen molar-refractivity contribution in [1.82, 2.24) is 4.90 Å². The second-order valence-corrected chi connectivity index (χ2v) is 4.45. The quantitative estimate of drug-likeness (QED) is 0.638. The molecule has 1 aliphatic heterocycles. The van der Waals surface area contributed by atoms with Crippen molar-refractivity contribution >= 4 is 0 Å². The van der Waals surface area contributed by atoms with Gasteiger partial charge in [-0.1, -0.05) is 6.92 Å². The summed E-state index contributed by atoms with van der Waals surface area (Å²) in [6.07, 6.45) is 4.75. The zero-order chi connectivity index (χ0) is 8.55. The van der Waals surface area contributed by atoms with Crippen molar-refractivity contribution in [1.29, 1.82) is 0 Å². The van der Waals surface area contributed by atoms with Crippen molar-refractivity contribution in [2.75, 3.05) is 13.1 Å². The van der Waals surface area contributed by atoms with Gasteiger partial charge < -0.3 is 5.11 Å². The van der Waals surface area contributed by atoms with Gasteiger partial charge in [-0.15, -0.1) is 0 Å². The molecular formula is C10H19NO. The monoisotopic (exact) mass is 169 g/mol. The summed E-state index contributed by atoms with van der Waals surface area (Å²) in [5.74, 6) is 0.845. The normalized spacial score (nSPS) is 44.0. The van der Waals surface area contributed by atoms with Crippen molar-refractivity contribution in [3.8, 4) is 0 Å². The first-order valence-electron chi connectivity index (χ1n) is 5.19. The van der Waals surface area contributed by atoms with E-state index >= 15 is 0 Å². The topological polar surface area (TPSA) is 23.5 Å². The Labute approximate surface area is 74.6 Å². The maximum absolute atomic E-state index is 9.69. The molecule has 1 saturated heterocycles. The van der Waals surface area contributed by atoms with Gasteiger partial charge in [-0.05, 0) is 38.1 Å². The van der Waals surface area contributed by atoms with E-state index in [9.17, 15) is 5.11 Å². The molecule has 3 atom stereocenters. The summed E-state index contributed by atoms with van der Waals surface area (Å²) in [7, 11) is 0. The molecule has 0 aromatic heterocycles. The highest BCUT2D eigenvalue weighted by Crippen LogP contribution is 2.28. The van der Waals surface area contributed by atoms with Crippen molar-refractivity contribution in [2.45, 2.75) is 44.8 Å². The van der Waals surface area contributed by atoms with Gasteiger partial charge in [-0.2, -0.15) is 0 Å². The number of rotatable bonds is 1. The van der Waals surface area contributed by atoms with Gasteiger partial charge >= 0.3 is 0 Å². The predicted octanol–water partition coefficient (Wildman–Crippen LogP) is 1.24. The molecule has 12 heavy (non-hydrogen) atoms. The molecular weight excluding hydrogens is 150 g/mol. The standard InChI is InChI=1S/C10H19NO/c1-8-5-6-11(7-8)9-3-2-4-10(9)12/h8-10,12H,2-7H2,1H3/t8?,9-,10-/m0/s1. The molecule has 2 nitrogen and oxygen atoms in total. The van der Waals surface area contributed by atoms with Gasteiger partial charge in [0.15, 0.2) is 0 Å². The molecule has 0 aromatic carbocycles. The van der Waals surface area contributed by atoms with E-state index < -0.39 is 0 Å². The molecule has 2 fully saturated rings. The molecule has 0 amide bonds. The zero-order valence-electron chi connectivity index (χ0n) is 7.87. The van der Waals surface area contributed by atoms with Gasteiger partial charge in [0.2, 0.25) is 0 Å². The number of hydrogen-bond donors (Lipinski definition) is 1. The van der Waals surface area contributed by atoms with E-state index in [0.717, 1.165) is 12.3 Å². The molecule has 0 spiro atoms. The lowest BCUT2D eigenvalue weighted by Crippen LogP contribution is -2.38. The first kappa shape index (κ1) is 8.52. The van der Waals surface area contributed by atoms with Crippen LogP contribution in [-0.4, -0.2) is 35.2 Å². The first-order chi connectivity index (χ1) is 5.77. The van der Waals surface area contributed by atoms with Crippen LogP contribution in [0, 0.1) is 5.92 Å². The smallest absolute Gasteiger partial charge is 0.0695 e. The number of likely N-dealkylation sites (tertiary alicyclic amines) is 1. The zero-order valence-corrected chi connectivity index (χ0v) is 7.87. The summed E-state index contributed by atoms with van der Waals surface area (Å²) < 4.78 is 0. The van der Waals surface area contributed by atoms with Crippen molar-refractivity contribution < 1.29 is 5.11 Å². The van der Waals surface area contributed by atoms with E-state index in [1.165, 1.54) is 32.4 Å². The van der Waals surface area contributed by atoms with Crippen LogP contribution in [0.25, 0.3) is 0 Å². The number of aliphatic hydroxyl groups excluding tert-OH is 1. The van der Waals surface area contributed by atoms with Gasteiger partial charge in [0.05, 0.1) is 6.10 Å². The Balaban J connectivity index is 1.91. The van der Waals surface area contributed by atoms with Gasteiger partial charge in [0, 0.05) is 12.6 Å². The molecule has 1 aliphatic carbocycles. The summed E-state index contributed by atoms with van der Waals surface area (Å²) in [4.78, 5) is 2.49. The number of aliphatic hydroxyl groups is 1. The van der Waals surface area contributed by atoms with E-state index in [1.807, 2.05) is 0 Å². The molecule has 2 heteroatoms.